The molecule has 0 aromatic rings. The number of hydrogen-bond acceptors (Lipinski definition) is 1. The van der Waals surface area contributed by atoms with E-state index in [-0.39, 0.29) is 0 Å². The lowest BCUT2D eigenvalue weighted by Gasteiger charge is -2.41. The molecule has 0 N–H and O–H groups in total. The van der Waals surface area contributed by atoms with E-state index in [1.54, 1.807) is 0 Å². The second-order valence-electron chi connectivity index (χ2n) is 6.25. The van der Waals surface area contributed by atoms with Gasteiger partial charge in [0.1, 0.15) is 0 Å². The van der Waals surface area contributed by atoms with E-state index < -0.39 is 0 Å². The summed E-state index contributed by atoms with van der Waals surface area (Å²) in [6, 6.07) is 0. The van der Waals surface area contributed by atoms with Gasteiger partial charge in [0.2, 0.25) is 0 Å². The molecule has 0 radical (unpaired) electrons. The summed E-state index contributed by atoms with van der Waals surface area (Å²) in [7, 11) is 0. The molecule has 15 heavy (non-hydrogen) atoms. The van der Waals surface area contributed by atoms with Crippen LogP contribution in [-0.2, 0) is 4.74 Å². The van der Waals surface area contributed by atoms with E-state index in [2.05, 4.69) is 27.7 Å². The molecule has 0 bridgehead atoms. The van der Waals surface area contributed by atoms with Crippen LogP contribution < -0.4 is 0 Å². The average molecular weight is 210 g/mol. The van der Waals surface area contributed by atoms with Gasteiger partial charge in [0.15, 0.2) is 0 Å². The summed E-state index contributed by atoms with van der Waals surface area (Å²) >= 11 is 0. The standard InChI is InChI=1S/C14H26O/c1-10(2)13-5-7-14(8-6-13)9-15-12(4)11(14)3/h10-13H,5-9H2,1-4H3. The summed E-state index contributed by atoms with van der Waals surface area (Å²) in [6.07, 6.45) is 6.15. The first-order valence-corrected chi connectivity index (χ1v) is 6.67. The Bertz CT molecular complexity index is 213. The minimum Gasteiger partial charge on any atom is -0.378 e. The number of hydrogen-bond donors (Lipinski definition) is 0. The Hall–Kier alpha value is -0.0400. The highest BCUT2D eigenvalue weighted by Gasteiger charge is 2.47. The van der Waals surface area contributed by atoms with Crippen LogP contribution in [0.3, 0.4) is 0 Å². The Morgan fingerprint density at radius 2 is 1.73 bits per heavy atom. The van der Waals surface area contributed by atoms with E-state index in [0.29, 0.717) is 11.5 Å². The second kappa shape index (κ2) is 4.08. The first kappa shape index (κ1) is 11.4. The smallest absolute Gasteiger partial charge is 0.0578 e. The molecule has 88 valence electrons. The van der Waals surface area contributed by atoms with Crippen LogP contribution >= 0.6 is 0 Å². The molecular weight excluding hydrogens is 184 g/mol. The minimum atomic E-state index is 0.487. The third-order valence-corrected chi connectivity index (χ3v) is 5.27. The van der Waals surface area contributed by atoms with Gasteiger partial charge in [-0.25, -0.2) is 0 Å². The summed E-state index contributed by atoms with van der Waals surface area (Å²) in [5, 5.41) is 0. The van der Waals surface area contributed by atoms with E-state index in [1.165, 1.54) is 25.7 Å². The van der Waals surface area contributed by atoms with Crippen molar-refractivity contribution in [2.24, 2.45) is 23.2 Å². The minimum absolute atomic E-state index is 0.487. The normalized spacial score (nSPS) is 46.6. The first-order chi connectivity index (χ1) is 7.05. The van der Waals surface area contributed by atoms with Crippen molar-refractivity contribution in [2.75, 3.05) is 6.61 Å². The van der Waals surface area contributed by atoms with Gasteiger partial charge in [0.25, 0.3) is 0 Å². The van der Waals surface area contributed by atoms with Crippen LogP contribution in [0, 0.1) is 23.2 Å². The van der Waals surface area contributed by atoms with Crippen LogP contribution in [0.4, 0.5) is 0 Å². The van der Waals surface area contributed by atoms with Gasteiger partial charge < -0.3 is 4.74 Å². The molecular formula is C14H26O. The number of rotatable bonds is 1. The van der Waals surface area contributed by atoms with Crippen molar-refractivity contribution >= 4 is 0 Å². The average Bonchev–Trinajstić information content (AvgIpc) is 2.48. The fraction of sp³-hybridized carbons (Fsp3) is 1.00. The first-order valence-electron chi connectivity index (χ1n) is 6.67. The van der Waals surface area contributed by atoms with Gasteiger partial charge in [-0.1, -0.05) is 20.8 Å². The van der Waals surface area contributed by atoms with Crippen molar-refractivity contribution < 1.29 is 4.74 Å². The zero-order chi connectivity index (χ0) is 11.1. The molecule has 2 atom stereocenters. The van der Waals surface area contributed by atoms with Gasteiger partial charge in [0.05, 0.1) is 12.7 Å². The lowest BCUT2D eigenvalue weighted by atomic mass is 9.63. The van der Waals surface area contributed by atoms with Crippen LogP contribution in [0.15, 0.2) is 0 Å². The van der Waals surface area contributed by atoms with Crippen LogP contribution in [-0.4, -0.2) is 12.7 Å². The maximum atomic E-state index is 5.85. The monoisotopic (exact) mass is 210 g/mol. The maximum absolute atomic E-state index is 5.85. The van der Waals surface area contributed by atoms with Crippen molar-refractivity contribution in [2.45, 2.75) is 59.5 Å². The molecule has 0 aromatic carbocycles. The van der Waals surface area contributed by atoms with Crippen molar-refractivity contribution in [3.8, 4) is 0 Å². The third kappa shape index (κ3) is 1.95. The van der Waals surface area contributed by atoms with Gasteiger partial charge in [-0.15, -0.1) is 0 Å². The van der Waals surface area contributed by atoms with Crippen molar-refractivity contribution in [1.29, 1.82) is 0 Å². The molecule has 2 unspecified atom stereocenters. The molecule has 2 aliphatic rings. The highest BCUT2D eigenvalue weighted by molar-refractivity contribution is 4.95. The summed E-state index contributed by atoms with van der Waals surface area (Å²) in [4.78, 5) is 0. The fourth-order valence-electron chi connectivity index (χ4n) is 3.55. The topological polar surface area (TPSA) is 9.23 Å². The molecule has 1 aliphatic carbocycles. The molecule has 1 aliphatic heterocycles. The highest BCUT2D eigenvalue weighted by atomic mass is 16.5. The molecule has 1 nitrogen and oxygen atoms in total. The van der Waals surface area contributed by atoms with Crippen LogP contribution in [0.2, 0.25) is 0 Å². The van der Waals surface area contributed by atoms with E-state index in [0.717, 1.165) is 24.4 Å². The van der Waals surface area contributed by atoms with Crippen molar-refractivity contribution in [1.82, 2.24) is 0 Å². The fourth-order valence-corrected chi connectivity index (χ4v) is 3.55. The van der Waals surface area contributed by atoms with E-state index in [1.807, 2.05) is 0 Å². The highest BCUT2D eigenvalue weighted by Crippen LogP contribution is 2.51. The predicted molar refractivity (Wildman–Crippen MR) is 63.8 cm³/mol. The maximum Gasteiger partial charge on any atom is 0.0578 e. The molecule has 1 heterocycles. The molecule has 1 spiro atoms. The van der Waals surface area contributed by atoms with Crippen LogP contribution in [0.1, 0.15) is 53.4 Å². The van der Waals surface area contributed by atoms with Crippen LogP contribution in [0.25, 0.3) is 0 Å². The summed E-state index contributed by atoms with van der Waals surface area (Å²) in [6.45, 7) is 10.4. The Labute approximate surface area is 94.6 Å². The van der Waals surface area contributed by atoms with Gasteiger partial charge >= 0.3 is 0 Å². The Morgan fingerprint density at radius 1 is 1.13 bits per heavy atom. The number of ether oxygens (including phenoxy) is 1. The molecule has 0 amide bonds. The lowest BCUT2D eigenvalue weighted by Crippen LogP contribution is -2.35. The SMILES string of the molecule is CC(C)C1CCC2(CC1)COC(C)C2C. The van der Waals surface area contributed by atoms with Gasteiger partial charge in [-0.05, 0) is 55.8 Å². The Balaban J connectivity index is 1.98. The summed E-state index contributed by atoms with van der Waals surface area (Å²) < 4.78 is 5.85. The largest absolute Gasteiger partial charge is 0.378 e. The Kier molecular flexibility index (Phi) is 3.12. The van der Waals surface area contributed by atoms with Crippen LogP contribution in [0.5, 0.6) is 0 Å². The van der Waals surface area contributed by atoms with Gasteiger partial charge in [-0.2, -0.15) is 0 Å². The van der Waals surface area contributed by atoms with E-state index >= 15 is 0 Å². The molecule has 2 rings (SSSR count). The molecule has 1 heteroatoms. The molecule has 2 fully saturated rings. The third-order valence-electron chi connectivity index (χ3n) is 5.27. The lowest BCUT2D eigenvalue weighted by molar-refractivity contribution is 0.0747. The van der Waals surface area contributed by atoms with E-state index in [4.69, 9.17) is 4.74 Å². The Morgan fingerprint density at radius 3 is 2.13 bits per heavy atom. The zero-order valence-corrected chi connectivity index (χ0v) is 10.8. The molecule has 0 aromatic heterocycles. The van der Waals surface area contributed by atoms with Crippen molar-refractivity contribution in [3.05, 3.63) is 0 Å². The molecule has 1 saturated heterocycles. The summed E-state index contributed by atoms with van der Waals surface area (Å²) in [5.41, 5.74) is 0.546. The van der Waals surface area contributed by atoms with Gasteiger partial charge in [0, 0.05) is 0 Å². The van der Waals surface area contributed by atoms with Crippen molar-refractivity contribution in [3.63, 3.8) is 0 Å². The quantitative estimate of drug-likeness (QED) is 0.638. The summed E-state index contributed by atoms with van der Waals surface area (Å²) in [5.74, 6) is 2.61. The van der Waals surface area contributed by atoms with E-state index in [9.17, 15) is 0 Å². The predicted octanol–water partition coefficient (Wildman–Crippen LogP) is 3.87. The second-order valence-corrected chi connectivity index (χ2v) is 6.25. The van der Waals surface area contributed by atoms with Gasteiger partial charge in [-0.3, -0.25) is 0 Å². The molecule has 1 saturated carbocycles. The zero-order valence-electron chi connectivity index (χ0n) is 10.8.